The standard InChI is InChI=1S/C24H32N6O5/c1-5-33-23-21(25-20-6-12-35-22(20)27-23)26-24(31)30-9-7-29(8-10-30)17-14-18(32-4)16-19(15-17)34-13-11-28(2)3/h6,12,14-16H,5,7-11,13H2,1-4H3,(H,25,26,31). The van der Waals surface area contributed by atoms with E-state index in [1.165, 1.54) is 6.26 Å². The van der Waals surface area contributed by atoms with Crippen molar-refractivity contribution in [2.45, 2.75) is 6.92 Å². The van der Waals surface area contributed by atoms with Crippen LogP contribution in [0.4, 0.5) is 16.3 Å². The maximum atomic E-state index is 13.0. The van der Waals surface area contributed by atoms with Gasteiger partial charge in [0.05, 0.1) is 20.0 Å². The molecule has 4 rings (SSSR count). The third-order valence-electron chi connectivity index (χ3n) is 5.61. The van der Waals surface area contributed by atoms with E-state index in [-0.39, 0.29) is 17.7 Å². The Morgan fingerprint density at radius 1 is 1.11 bits per heavy atom. The fraction of sp³-hybridized carbons (Fsp3) is 0.458. The molecule has 2 amide bonds. The predicted octanol–water partition coefficient (Wildman–Crippen LogP) is 2.92. The van der Waals surface area contributed by atoms with Crippen LogP contribution in [0.1, 0.15) is 6.92 Å². The number of methoxy groups -OCH3 is 1. The third kappa shape index (κ3) is 6.04. The Balaban J connectivity index is 1.39. The number of ether oxygens (including phenoxy) is 3. The summed E-state index contributed by atoms with van der Waals surface area (Å²) in [5.41, 5.74) is 1.91. The smallest absolute Gasteiger partial charge is 0.323 e. The zero-order valence-corrected chi connectivity index (χ0v) is 20.6. The molecule has 1 aliphatic heterocycles. The van der Waals surface area contributed by atoms with Crippen molar-refractivity contribution >= 4 is 28.8 Å². The molecule has 0 spiro atoms. The molecule has 1 aromatic carbocycles. The Labute approximate surface area is 204 Å². The molecule has 0 unspecified atom stereocenters. The van der Waals surface area contributed by atoms with Gasteiger partial charge in [-0.25, -0.2) is 9.78 Å². The molecule has 11 nitrogen and oxygen atoms in total. The Kier molecular flexibility index (Phi) is 7.76. The number of carbonyl (C=O) groups excluding carboxylic acids is 1. The summed E-state index contributed by atoms with van der Waals surface area (Å²) in [6, 6.07) is 7.33. The van der Waals surface area contributed by atoms with Gasteiger partial charge in [-0.3, -0.25) is 5.32 Å². The zero-order chi connectivity index (χ0) is 24.8. The summed E-state index contributed by atoms with van der Waals surface area (Å²) in [5, 5.41) is 2.85. The van der Waals surface area contributed by atoms with Crippen molar-refractivity contribution in [2.75, 3.05) is 77.4 Å². The second kappa shape index (κ2) is 11.1. The van der Waals surface area contributed by atoms with Crippen molar-refractivity contribution in [2.24, 2.45) is 0 Å². The lowest BCUT2D eigenvalue weighted by molar-refractivity contribution is 0.207. The number of amides is 2. The average Bonchev–Trinajstić information content (AvgIpc) is 3.31. The number of likely N-dealkylation sites (N-methyl/N-ethyl adjacent to an activating group) is 1. The molecule has 0 radical (unpaired) electrons. The largest absolute Gasteiger partial charge is 0.497 e. The normalized spacial score (nSPS) is 13.9. The van der Waals surface area contributed by atoms with Crippen molar-refractivity contribution in [3.63, 3.8) is 0 Å². The number of nitrogens with zero attached hydrogens (tertiary/aromatic N) is 5. The lowest BCUT2D eigenvalue weighted by Crippen LogP contribution is -2.50. The van der Waals surface area contributed by atoms with Gasteiger partial charge in [-0.15, -0.1) is 0 Å². The second-order valence-electron chi connectivity index (χ2n) is 8.34. The van der Waals surface area contributed by atoms with Crippen LogP contribution >= 0.6 is 0 Å². The van der Waals surface area contributed by atoms with E-state index >= 15 is 0 Å². The van der Waals surface area contributed by atoms with Gasteiger partial charge in [0.25, 0.3) is 5.88 Å². The van der Waals surface area contributed by atoms with Crippen LogP contribution < -0.4 is 24.4 Å². The van der Waals surface area contributed by atoms with Gasteiger partial charge in [0.15, 0.2) is 5.82 Å². The van der Waals surface area contributed by atoms with E-state index in [1.807, 2.05) is 39.2 Å². The zero-order valence-electron chi connectivity index (χ0n) is 20.6. The van der Waals surface area contributed by atoms with Gasteiger partial charge in [0.2, 0.25) is 5.71 Å². The molecule has 3 heterocycles. The lowest BCUT2D eigenvalue weighted by atomic mass is 10.2. The molecule has 0 aliphatic carbocycles. The van der Waals surface area contributed by atoms with E-state index in [0.717, 1.165) is 23.7 Å². The van der Waals surface area contributed by atoms with Crippen molar-refractivity contribution in [1.29, 1.82) is 0 Å². The van der Waals surface area contributed by atoms with Crippen LogP contribution in [0, 0.1) is 0 Å². The van der Waals surface area contributed by atoms with Crippen LogP contribution in [0.25, 0.3) is 11.2 Å². The van der Waals surface area contributed by atoms with Crippen LogP contribution in [0.5, 0.6) is 17.4 Å². The number of carbonyl (C=O) groups is 1. The van der Waals surface area contributed by atoms with Crippen molar-refractivity contribution in [1.82, 2.24) is 19.8 Å². The molecule has 2 aromatic heterocycles. The van der Waals surface area contributed by atoms with E-state index in [1.54, 1.807) is 18.1 Å². The summed E-state index contributed by atoms with van der Waals surface area (Å²) in [5.74, 6) is 2.01. The van der Waals surface area contributed by atoms with Crippen molar-refractivity contribution in [3.05, 3.63) is 30.5 Å². The van der Waals surface area contributed by atoms with Gasteiger partial charge in [0.1, 0.15) is 23.6 Å². The summed E-state index contributed by atoms with van der Waals surface area (Å²) in [4.78, 5) is 27.8. The van der Waals surface area contributed by atoms with Crippen LogP contribution in [0.15, 0.2) is 34.9 Å². The lowest BCUT2D eigenvalue weighted by Gasteiger charge is -2.36. The van der Waals surface area contributed by atoms with Gasteiger partial charge in [0, 0.05) is 62.7 Å². The second-order valence-corrected chi connectivity index (χ2v) is 8.34. The minimum Gasteiger partial charge on any atom is -0.497 e. The number of aromatic nitrogens is 2. The number of fused-ring (bicyclic) bond motifs is 1. The SMILES string of the molecule is CCOc1nc2occc2nc1NC(=O)N1CCN(c2cc(OC)cc(OCCN(C)C)c2)CC1. The molecule has 188 valence electrons. The highest BCUT2D eigenvalue weighted by Crippen LogP contribution is 2.30. The number of anilines is 2. The highest BCUT2D eigenvalue weighted by atomic mass is 16.5. The molecule has 1 saturated heterocycles. The number of piperazine rings is 1. The Bertz CT molecular complexity index is 1140. The number of rotatable bonds is 9. The molecule has 1 N–H and O–H groups in total. The van der Waals surface area contributed by atoms with Gasteiger partial charge in [-0.05, 0) is 21.0 Å². The molecule has 3 aromatic rings. The fourth-order valence-corrected chi connectivity index (χ4v) is 3.73. The Morgan fingerprint density at radius 3 is 2.60 bits per heavy atom. The first-order valence-electron chi connectivity index (χ1n) is 11.6. The number of urea groups is 1. The maximum Gasteiger partial charge on any atom is 0.323 e. The van der Waals surface area contributed by atoms with E-state index in [2.05, 4.69) is 25.1 Å². The highest BCUT2D eigenvalue weighted by molar-refractivity contribution is 5.90. The number of nitrogens with one attached hydrogen (secondary N) is 1. The highest BCUT2D eigenvalue weighted by Gasteiger charge is 2.24. The van der Waals surface area contributed by atoms with Crippen molar-refractivity contribution in [3.8, 4) is 17.4 Å². The van der Waals surface area contributed by atoms with E-state index in [0.29, 0.717) is 50.6 Å². The number of hydrogen-bond acceptors (Lipinski definition) is 9. The van der Waals surface area contributed by atoms with E-state index in [4.69, 9.17) is 18.6 Å². The van der Waals surface area contributed by atoms with Crippen LogP contribution in [0.3, 0.4) is 0 Å². The van der Waals surface area contributed by atoms with E-state index < -0.39 is 0 Å². The van der Waals surface area contributed by atoms with Gasteiger partial charge < -0.3 is 33.3 Å². The predicted molar refractivity (Wildman–Crippen MR) is 133 cm³/mol. The van der Waals surface area contributed by atoms with E-state index in [9.17, 15) is 4.79 Å². The summed E-state index contributed by atoms with van der Waals surface area (Å²) in [6.07, 6.45) is 1.50. The molecule has 0 saturated carbocycles. The number of furan rings is 1. The molecule has 1 aliphatic rings. The average molecular weight is 485 g/mol. The molecule has 0 bridgehead atoms. The maximum absolute atomic E-state index is 13.0. The number of hydrogen-bond donors (Lipinski definition) is 1. The quantitative estimate of drug-likeness (QED) is 0.491. The van der Waals surface area contributed by atoms with Crippen LogP contribution in [0.2, 0.25) is 0 Å². The number of benzene rings is 1. The summed E-state index contributed by atoms with van der Waals surface area (Å²) in [6.45, 7) is 6.08. The molecule has 35 heavy (non-hydrogen) atoms. The third-order valence-corrected chi connectivity index (χ3v) is 5.61. The summed E-state index contributed by atoms with van der Waals surface area (Å²) >= 11 is 0. The molecule has 0 atom stereocenters. The fourth-order valence-electron chi connectivity index (χ4n) is 3.73. The monoisotopic (exact) mass is 484 g/mol. The topological polar surface area (TPSA) is 105 Å². The van der Waals surface area contributed by atoms with Gasteiger partial charge in [-0.1, -0.05) is 0 Å². The first kappa shape index (κ1) is 24.4. The minimum absolute atomic E-state index is 0.236. The first-order valence-corrected chi connectivity index (χ1v) is 11.6. The minimum atomic E-state index is -0.249. The van der Waals surface area contributed by atoms with Gasteiger partial charge in [-0.2, -0.15) is 4.98 Å². The molecule has 1 fully saturated rings. The van der Waals surface area contributed by atoms with Crippen molar-refractivity contribution < 1.29 is 23.4 Å². The first-order chi connectivity index (χ1) is 17.0. The van der Waals surface area contributed by atoms with Gasteiger partial charge >= 0.3 is 6.03 Å². The Hall–Kier alpha value is -3.73. The van der Waals surface area contributed by atoms with Crippen LogP contribution in [-0.4, -0.2) is 92.9 Å². The molecular weight excluding hydrogens is 452 g/mol. The molecule has 11 heteroatoms. The molecular formula is C24H32N6O5. The summed E-state index contributed by atoms with van der Waals surface area (Å²) in [7, 11) is 5.66. The van der Waals surface area contributed by atoms with Crippen LogP contribution in [-0.2, 0) is 0 Å². The summed E-state index contributed by atoms with van der Waals surface area (Å²) < 4.78 is 22.2. The Morgan fingerprint density at radius 2 is 1.89 bits per heavy atom.